The van der Waals surface area contributed by atoms with Gasteiger partial charge in [0.05, 0.1) is 29.1 Å². The number of benzene rings is 1. The first kappa shape index (κ1) is 21.9. The first-order valence-corrected chi connectivity index (χ1v) is 11.7. The molecule has 1 aliphatic rings. The highest BCUT2D eigenvalue weighted by atomic mass is 32.1. The second kappa shape index (κ2) is 9.06. The van der Waals surface area contributed by atoms with E-state index in [1.54, 1.807) is 11.3 Å². The first-order chi connectivity index (χ1) is 14.8. The van der Waals surface area contributed by atoms with Crippen LogP contribution in [0.1, 0.15) is 47.2 Å². The van der Waals surface area contributed by atoms with E-state index in [2.05, 4.69) is 36.0 Å². The van der Waals surface area contributed by atoms with Crippen LogP contribution in [0.25, 0.3) is 10.2 Å². The zero-order valence-electron chi connectivity index (χ0n) is 19.0. The molecule has 3 aromatic rings. The smallest absolute Gasteiger partial charge is 0.278 e. The summed E-state index contributed by atoms with van der Waals surface area (Å²) >= 11 is 1.59. The third-order valence-corrected chi connectivity index (χ3v) is 6.82. The standard InChI is InChI=1S/C23H31N5O2S/c1-15(2)28-20(14-18(5)25-28)22(29)27(7-6-26-8-10-30-11-9-26)23-24-19-13-16(3)12-17(4)21(19)31-23/h12-15H,6-11H2,1-5H3. The fourth-order valence-corrected chi connectivity index (χ4v) is 5.08. The number of anilines is 1. The SMILES string of the molecule is Cc1cc(C)c2sc(N(CCN3CCOCC3)C(=O)c3cc(C)nn3C(C)C)nc2c1. The Hall–Kier alpha value is -2.29. The molecule has 4 rings (SSSR count). The van der Waals surface area contributed by atoms with Gasteiger partial charge in [-0.2, -0.15) is 5.10 Å². The van der Waals surface area contributed by atoms with Crippen LogP contribution in [0.15, 0.2) is 18.2 Å². The third kappa shape index (κ3) is 4.66. The number of rotatable bonds is 6. The van der Waals surface area contributed by atoms with Crippen LogP contribution in [0.5, 0.6) is 0 Å². The molecule has 8 heteroatoms. The van der Waals surface area contributed by atoms with Crippen LogP contribution >= 0.6 is 11.3 Å². The number of hydrogen-bond donors (Lipinski definition) is 0. The molecule has 1 aliphatic heterocycles. The fourth-order valence-electron chi connectivity index (χ4n) is 4.04. The lowest BCUT2D eigenvalue weighted by molar-refractivity contribution is 0.0391. The Morgan fingerprint density at radius 2 is 1.94 bits per heavy atom. The number of morpholine rings is 1. The first-order valence-electron chi connectivity index (χ1n) is 10.9. The van der Waals surface area contributed by atoms with Gasteiger partial charge in [0, 0.05) is 32.2 Å². The summed E-state index contributed by atoms with van der Waals surface area (Å²) in [5.41, 5.74) is 4.79. The highest BCUT2D eigenvalue weighted by Crippen LogP contribution is 2.33. The van der Waals surface area contributed by atoms with E-state index in [1.165, 1.54) is 11.1 Å². The Morgan fingerprint density at radius 3 is 2.65 bits per heavy atom. The van der Waals surface area contributed by atoms with Gasteiger partial charge in [0.25, 0.3) is 5.91 Å². The number of carbonyl (C=O) groups is 1. The molecule has 0 bridgehead atoms. The van der Waals surface area contributed by atoms with Crippen molar-refractivity contribution in [1.82, 2.24) is 19.7 Å². The summed E-state index contributed by atoms with van der Waals surface area (Å²) in [6, 6.07) is 6.25. The number of aryl methyl sites for hydroxylation is 3. The largest absolute Gasteiger partial charge is 0.379 e. The molecular formula is C23H31N5O2S. The molecule has 1 aromatic carbocycles. The molecule has 7 nitrogen and oxygen atoms in total. The highest BCUT2D eigenvalue weighted by Gasteiger charge is 2.27. The molecule has 0 unspecified atom stereocenters. The van der Waals surface area contributed by atoms with E-state index < -0.39 is 0 Å². The van der Waals surface area contributed by atoms with Crippen molar-refractivity contribution in [2.75, 3.05) is 44.3 Å². The normalized spacial score (nSPS) is 15.2. The number of fused-ring (bicyclic) bond motifs is 1. The number of amides is 1. The van der Waals surface area contributed by atoms with Gasteiger partial charge in [-0.25, -0.2) is 4.98 Å². The van der Waals surface area contributed by atoms with E-state index in [1.807, 2.05) is 36.4 Å². The molecule has 31 heavy (non-hydrogen) atoms. The molecular weight excluding hydrogens is 410 g/mol. The van der Waals surface area contributed by atoms with Crippen molar-refractivity contribution in [1.29, 1.82) is 0 Å². The van der Waals surface area contributed by atoms with Crippen molar-refractivity contribution in [3.8, 4) is 0 Å². The van der Waals surface area contributed by atoms with Gasteiger partial charge in [-0.05, 0) is 57.9 Å². The number of hydrogen-bond acceptors (Lipinski definition) is 6. The van der Waals surface area contributed by atoms with Gasteiger partial charge in [-0.1, -0.05) is 17.4 Å². The molecule has 0 radical (unpaired) electrons. The second-order valence-electron chi connectivity index (χ2n) is 8.55. The Bertz CT molecular complexity index is 1080. The van der Waals surface area contributed by atoms with Gasteiger partial charge >= 0.3 is 0 Å². The van der Waals surface area contributed by atoms with Gasteiger partial charge < -0.3 is 4.74 Å². The summed E-state index contributed by atoms with van der Waals surface area (Å²) in [5, 5.41) is 5.30. The van der Waals surface area contributed by atoms with Crippen LogP contribution in [0.2, 0.25) is 0 Å². The van der Waals surface area contributed by atoms with E-state index in [0.717, 1.165) is 53.9 Å². The van der Waals surface area contributed by atoms with Crippen LogP contribution in [-0.4, -0.2) is 65.0 Å². The van der Waals surface area contributed by atoms with Crippen LogP contribution in [-0.2, 0) is 4.74 Å². The minimum absolute atomic E-state index is 0.0454. The maximum Gasteiger partial charge on any atom is 0.278 e. The molecule has 1 amide bonds. The summed E-state index contributed by atoms with van der Waals surface area (Å²) in [7, 11) is 0. The van der Waals surface area contributed by atoms with Crippen molar-refractivity contribution < 1.29 is 9.53 Å². The Kier molecular flexibility index (Phi) is 6.41. The van der Waals surface area contributed by atoms with E-state index in [4.69, 9.17) is 9.72 Å². The van der Waals surface area contributed by atoms with Crippen LogP contribution in [0, 0.1) is 20.8 Å². The van der Waals surface area contributed by atoms with Gasteiger partial charge in [-0.3, -0.25) is 19.3 Å². The highest BCUT2D eigenvalue weighted by molar-refractivity contribution is 7.22. The monoisotopic (exact) mass is 441 g/mol. The topological polar surface area (TPSA) is 63.5 Å². The lowest BCUT2D eigenvalue weighted by Gasteiger charge is -2.29. The molecule has 0 atom stereocenters. The summed E-state index contributed by atoms with van der Waals surface area (Å²) in [5.74, 6) is -0.0454. The number of thiazole rings is 1. The van der Waals surface area contributed by atoms with Gasteiger partial charge in [-0.15, -0.1) is 0 Å². The lowest BCUT2D eigenvalue weighted by atomic mass is 10.1. The van der Waals surface area contributed by atoms with Crippen molar-refractivity contribution in [3.05, 3.63) is 40.7 Å². The third-order valence-electron chi connectivity index (χ3n) is 5.59. The van der Waals surface area contributed by atoms with Crippen molar-refractivity contribution in [3.63, 3.8) is 0 Å². The maximum absolute atomic E-state index is 13.8. The number of nitrogens with zero attached hydrogens (tertiary/aromatic N) is 5. The summed E-state index contributed by atoms with van der Waals surface area (Å²) < 4.78 is 8.43. The summed E-state index contributed by atoms with van der Waals surface area (Å²) in [6.07, 6.45) is 0. The minimum Gasteiger partial charge on any atom is -0.379 e. The molecule has 0 aliphatic carbocycles. The molecule has 2 aromatic heterocycles. The summed E-state index contributed by atoms with van der Waals surface area (Å²) in [6.45, 7) is 14.8. The Balaban J connectivity index is 1.70. The second-order valence-corrected chi connectivity index (χ2v) is 9.52. The molecule has 0 N–H and O–H groups in total. The van der Waals surface area contributed by atoms with Crippen molar-refractivity contribution in [2.45, 2.75) is 40.7 Å². The number of ether oxygens (including phenoxy) is 1. The molecule has 0 spiro atoms. The van der Waals surface area contributed by atoms with E-state index >= 15 is 0 Å². The average Bonchev–Trinajstić information content (AvgIpc) is 3.32. The minimum atomic E-state index is -0.0454. The van der Waals surface area contributed by atoms with Gasteiger partial charge in [0.1, 0.15) is 5.69 Å². The van der Waals surface area contributed by atoms with Gasteiger partial charge in [0.15, 0.2) is 5.13 Å². The van der Waals surface area contributed by atoms with E-state index in [-0.39, 0.29) is 11.9 Å². The number of aromatic nitrogens is 3. The van der Waals surface area contributed by atoms with Gasteiger partial charge in [0.2, 0.25) is 0 Å². The number of carbonyl (C=O) groups excluding carboxylic acids is 1. The summed E-state index contributed by atoms with van der Waals surface area (Å²) in [4.78, 5) is 22.8. The Labute approximate surface area is 187 Å². The lowest BCUT2D eigenvalue weighted by Crippen LogP contribution is -2.43. The predicted molar refractivity (Wildman–Crippen MR) is 125 cm³/mol. The fraction of sp³-hybridized carbons (Fsp3) is 0.522. The molecule has 166 valence electrons. The predicted octanol–water partition coefficient (Wildman–Crippen LogP) is 3.98. The average molecular weight is 442 g/mol. The Morgan fingerprint density at radius 1 is 1.19 bits per heavy atom. The van der Waals surface area contributed by atoms with E-state index in [9.17, 15) is 4.79 Å². The van der Waals surface area contributed by atoms with Crippen LogP contribution < -0.4 is 4.90 Å². The quantitative estimate of drug-likeness (QED) is 0.579. The molecule has 0 saturated carbocycles. The van der Waals surface area contributed by atoms with Crippen molar-refractivity contribution >= 4 is 32.6 Å². The van der Waals surface area contributed by atoms with E-state index in [0.29, 0.717) is 12.2 Å². The van der Waals surface area contributed by atoms with Crippen molar-refractivity contribution in [2.24, 2.45) is 0 Å². The zero-order chi connectivity index (χ0) is 22.1. The molecule has 1 saturated heterocycles. The zero-order valence-corrected chi connectivity index (χ0v) is 19.8. The maximum atomic E-state index is 13.8. The molecule has 3 heterocycles. The van der Waals surface area contributed by atoms with Crippen LogP contribution in [0.4, 0.5) is 5.13 Å². The molecule has 1 fully saturated rings. The van der Waals surface area contributed by atoms with Crippen LogP contribution in [0.3, 0.4) is 0 Å².